The van der Waals surface area contributed by atoms with Gasteiger partial charge in [-0.2, -0.15) is 4.98 Å². The van der Waals surface area contributed by atoms with Crippen molar-refractivity contribution in [3.8, 4) is 22.7 Å². The SMILES string of the molecule is Cc1c(-c2ccccc2)oc2c(C(=O)OCc3nc(-c4ccccc4)no3)cccc2c1=O. The fraction of sp³-hybridized carbons (Fsp3) is 0.0769. The maximum Gasteiger partial charge on any atom is 0.342 e. The van der Waals surface area contributed by atoms with Crippen molar-refractivity contribution in [2.24, 2.45) is 0 Å². The van der Waals surface area contributed by atoms with Gasteiger partial charge in [0.1, 0.15) is 11.3 Å². The molecule has 0 bridgehead atoms. The van der Waals surface area contributed by atoms with Gasteiger partial charge in [0.2, 0.25) is 5.82 Å². The van der Waals surface area contributed by atoms with Crippen LogP contribution in [-0.4, -0.2) is 16.1 Å². The van der Waals surface area contributed by atoms with Gasteiger partial charge in [-0.1, -0.05) is 71.9 Å². The van der Waals surface area contributed by atoms with Gasteiger partial charge in [-0.25, -0.2) is 4.79 Å². The Hall–Kier alpha value is -4.52. The van der Waals surface area contributed by atoms with Crippen molar-refractivity contribution in [2.75, 3.05) is 0 Å². The molecule has 3 aromatic carbocycles. The summed E-state index contributed by atoms with van der Waals surface area (Å²) >= 11 is 0. The van der Waals surface area contributed by atoms with Crippen molar-refractivity contribution < 1.29 is 18.5 Å². The second-order valence-corrected chi connectivity index (χ2v) is 7.39. The number of aromatic nitrogens is 2. The highest BCUT2D eigenvalue weighted by atomic mass is 16.6. The van der Waals surface area contributed by atoms with Crippen LogP contribution in [0, 0.1) is 6.92 Å². The standard InChI is InChI=1S/C26H18N2O5/c1-16-22(29)19-13-8-14-20(24(19)32-23(16)17-9-4-2-5-10-17)26(30)31-15-21-27-25(28-33-21)18-11-6-3-7-12-18/h2-14H,15H2,1H3. The van der Waals surface area contributed by atoms with E-state index in [1.165, 1.54) is 0 Å². The molecule has 0 unspecified atom stereocenters. The van der Waals surface area contributed by atoms with Crippen molar-refractivity contribution in [3.63, 3.8) is 0 Å². The van der Waals surface area contributed by atoms with E-state index in [0.29, 0.717) is 22.5 Å². The number of rotatable bonds is 5. The summed E-state index contributed by atoms with van der Waals surface area (Å²) in [6, 6.07) is 23.4. The first-order valence-corrected chi connectivity index (χ1v) is 10.3. The van der Waals surface area contributed by atoms with Crippen LogP contribution in [0.3, 0.4) is 0 Å². The van der Waals surface area contributed by atoms with E-state index >= 15 is 0 Å². The first-order chi connectivity index (χ1) is 16.1. The van der Waals surface area contributed by atoms with Crippen LogP contribution in [0.4, 0.5) is 0 Å². The van der Waals surface area contributed by atoms with Crippen molar-refractivity contribution in [1.29, 1.82) is 0 Å². The first kappa shape index (κ1) is 20.4. The van der Waals surface area contributed by atoms with Gasteiger partial charge in [0.15, 0.2) is 17.6 Å². The van der Waals surface area contributed by atoms with Crippen LogP contribution in [0.1, 0.15) is 21.8 Å². The minimum absolute atomic E-state index is 0.143. The van der Waals surface area contributed by atoms with E-state index in [9.17, 15) is 9.59 Å². The highest BCUT2D eigenvalue weighted by Crippen LogP contribution is 2.27. The van der Waals surface area contributed by atoms with E-state index in [1.54, 1.807) is 25.1 Å². The van der Waals surface area contributed by atoms with Gasteiger partial charge in [0, 0.05) is 16.7 Å². The monoisotopic (exact) mass is 438 g/mol. The lowest BCUT2D eigenvalue weighted by molar-refractivity contribution is 0.0431. The number of ether oxygens (including phenoxy) is 1. The lowest BCUT2D eigenvalue weighted by Crippen LogP contribution is -2.11. The normalized spacial score (nSPS) is 10.9. The number of carbonyl (C=O) groups excluding carboxylic acids is 1. The van der Waals surface area contributed by atoms with Crippen molar-refractivity contribution >= 4 is 16.9 Å². The van der Waals surface area contributed by atoms with Crippen LogP contribution in [0.25, 0.3) is 33.7 Å². The molecule has 2 aromatic heterocycles. The molecule has 0 spiro atoms. The topological polar surface area (TPSA) is 95.4 Å². The molecule has 2 heterocycles. The fourth-order valence-electron chi connectivity index (χ4n) is 3.56. The number of nitrogens with zero attached hydrogens (tertiary/aromatic N) is 2. The average molecular weight is 438 g/mol. The number of fused-ring (bicyclic) bond motifs is 1. The van der Waals surface area contributed by atoms with Crippen LogP contribution in [0.5, 0.6) is 0 Å². The minimum atomic E-state index is -0.661. The maximum atomic E-state index is 13.0. The second-order valence-electron chi connectivity index (χ2n) is 7.39. The van der Waals surface area contributed by atoms with Gasteiger partial charge in [-0.15, -0.1) is 0 Å². The molecule has 0 atom stereocenters. The summed E-state index contributed by atoms with van der Waals surface area (Å²) in [6.45, 7) is 1.50. The molecule has 162 valence electrons. The predicted octanol–water partition coefficient (Wildman–Crippen LogP) is 5.18. The average Bonchev–Trinajstić information content (AvgIpc) is 3.34. The van der Waals surface area contributed by atoms with Gasteiger partial charge >= 0.3 is 5.97 Å². The Morgan fingerprint density at radius 1 is 0.909 bits per heavy atom. The zero-order valence-electron chi connectivity index (χ0n) is 17.6. The third-order valence-corrected chi connectivity index (χ3v) is 5.23. The molecule has 0 saturated carbocycles. The fourth-order valence-corrected chi connectivity index (χ4v) is 3.56. The van der Waals surface area contributed by atoms with E-state index < -0.39 is 5.97 Å². The molecule has 7 nitrogen and oxygen atoms in total. The van der Waals surface area contributed by atoms with E-state index in [-0.39, 0.29) is 29.1 Å². The molecular weight excluding hydrogens is 420 g/mol. The first-order valence-electron chi connectivity index (χ1n) is 10.3. The smallest absolute Gasteiger partial charge is 0.342 e. The number of hydrogen-bond donors (Lipinski definition) is 0. The highest BCUT2D eigenvalue weighted by molar-refractivity contribution is 6.02. The molecule has 33 heavy (non-hydrogen) atoms. The zero-order valence-corrected chi connectivity index (χ0v) is 17.6. The molecule has 5 rings (SSSR count). The van der Waals surface area contributed by atoms with Gasteiger partial charge in [0.25, 0.3) is 5.89 Å². The molecule has 7 heteroatoms. The summed E-state index contributed by atoms with van der Waals surface area (Å²) in [5, 5.41) is 4.23. The third-order valence-electron chi connectivity index (χ3n) is 5.23. The van der Waals surface area contributed by atoms with Crippen LogP contribution >= 0.6 is 0 Å². The van der Waals surface area contributed by atoms with E-state index in [4.69, 9.17) is 13.7 Å². The predicted molar refractivity (Wildman–Crippen MR) is 122 cm³/mol. The van der Waals surface area contributed by atoms with Crippen LogP contribution in [0.2, 0.25) is 0 Å². The Bertz CT molecular complexity index is 1500. The van der Waals surface area contributed by atoms with E-state index in [1.807, 2.05) is 60.7 Å². The minimum Gasteiger partial charge on any atom is -0.455 e. The molecule has 0 aliphatic heterocycles. The molecule has 0 amide bonds. The Morgan fingerprint density at radius 3 is 2.33 bits per heavy atom. The molecule has 5 aromatic rings. The van der Waals surface area contributed by atoms with E-state index in [2.05, 4.69) is 10.1 Å². The molecule has 0 fully saturated rings. The Kier molecular flexibility index (Phi) is 5.28. The van der Waals surface area contributed by atoms with Gasteiger partial charge in [0.05, 0.1) is 5.39 Å². The molecule has 0 aliphatic carbocycles. The number of hydrogen-bond acceptors (Lipinski definition) is 7. The maximum absolute atomic E-state index is 13.0. The zero-order chi connectivity index (χ0) is 22.8. The number of benzene rings is 3. The van der Waals surface area contributed by atoms with Gasteiger partial charge < -0.3 is 13.7 Å². The Balaban J connectivity index is 1.45. The summed E-state index contributed by atoms with van der Waals surface area (Å²) in [5.41, 5.74) is 2.12. The summed E-state index contributed by atoms with van der Waals surface area (Å²) in [5.74, 6) is 0.314. The highest BCUT2D eigenvalue weighted by Gasteiger charge is 2.20. The molecule has 0 saturated heterocycles. The van der Waals surface area contributed by atoms with Crippen LogP contribution in [-0.2, 0) is 11.3 Å². The van der Waals surface area contributed by atoms with Crippen molar-refractivity contribution in [1.82, 2.24) is 10.1 Å². The van der Waals surface area contributed by atoms with Crippen molar-refractivity contribution in [3.05, 3.63) is 106 Å². The largest absolute Gasteiger partial charge is 0.455 e. The quantitative estimate of drug-likeness (QED) is 0.349. The number of carbonyl (C=O) groups is 1. The number of esters is 1. The summed E-state index contributed by atoms with van der Waals surface area (Å²) < 4.78 is 16.7. The molecule has 0 N–H and O–H groups in total. The van der Waals surface area contributed by atoms with Gasteiger partial charge in [-0.3, -0.25) is 4.79 Å². The summed E-state index contributed by atoms with van der Waals surface area (Å²) in [4.78, 5) is 30.1. The summed E-state index contributed by atoms with van der Waals surface area (Å²) in [6.07, 6.45) is 0. The molecule has 0 radical (unpaired) electrons. The number of para-hydroxylation sites is 1. The third kappa shape index (κ3) is 3.92. The Labute approximate surface area is 188 Å². The second kappa shape index (κ2) is 8.55. The summed E-state index contributed by atoms with van der Waals surface area (Å²) in [7, 11) is 0. The molecular formula is C26H18N2O5. The van der Waals surface area contributed by atoms with Crippen LogP contribution in [0.15, 0.2) is 92.6 Å². The van der Waals surface area contributed by atoms with Crippen LogP contribution < -0.4 is 5.43 Å². The Morgan fingerprint density at radius 2 is 1.61 bits per heavy atom. The molecule has 0 aliphatic rings. The lowest BCUT2D eigenvalue weighted by Gasteiger charge is -2.10. The lowest BCUT2D eigenvalue weighted by atomic mass is 10.0. The van der Waals surface area contributed by atoms with E-state index in [0.717, 1.165) is 11.1 Å². The van der Waals surface area contributed by atoms with Crippen molar-refractivity contribution in [2.45, 2.75) is 13.5 Å². The van der Waals surface area contributed by atoms with Gasteiger partial charge in [-0.05, 0) is 19.1 Å².